The largest absolute Gasteiger partial charge is 0.298 e. The Kier molecular flexibility index (Phi) is 4.52. The molecule has 0 saturated heterocycles. The molecule has 0 saturated carbocycles. The molecule has 0 fully saturated rings. The van der Waals surface area contributed by atoms with Crippen molar-refractivity contribution in [1.82, 2.24) is 4.90 Å². The zero-order valence-electron chi connectivity index (χ0n) is 10.9. The van der Waals surface area contributed by atoms with Crippen LogP contribution >= 0.6 is 12.6 Å². The molecule has 0 N–H and O–H groups in total. The van der Waals surface area contributed by atoms with E-state index in [0.29, 0.717) is 31.5 Å². The maximum atomic E-state index is 12.0. The van der Waals surface area contributed by atoms with Crippen LogP contribution in [0.2, 0.25) is 0 Å². The molecule has 0 radical (unpaired) electrons. The maximum absolute atomic E-state index is 12.0. The van der Waals surface area contributed by atoms with Gasteiger partial charge in [0.15, 0.2) is 0 Å². The maximum Gasteiger partial charge on any atom is 0.252 e. The summed E-state index contributed by atoms with van der Waals surface area (Å²) in [7, 11) is 0. The number of thiol groups is 1. The van der Waals surface area contributed by atoms with Crippen molar-refractivity contribution in [2.24, 2.45) is 0 Å². The fourth-order valence-electron chi connectivity index (χ4n) is 2.50. The van der Waals surface area contributed by atoms with Gasteiger partial charge in [-0.1, -0.05) is 43.5 Å². The molecule has 20 heavy (non-hydrogen) atoms. The van der Waals surface area contributed by atoms with Gasteiger partial charge in [0.1, 0.15) is 6.29 Å². The molecule has 1 aromatic carbocycles. The summed E-state index contributed by atoms with van der Waals surface area (Å²) in [5.74, 6) is -1.04. The summed E-state index contributed by atoms with van der Waals surface area (Å²) in [6.07, 6.45) is 0.709. The summed E-state index contributed by atoms with van der Waals surface area (Å²) < 4.78 is 0. The lowest BCUT2D eigenvalue weighted by molar-refractivity contribution is -0.133. The van der Waals surface area contributed by atoms with Crippen LogP contribution in [-0.2, 0) is 20.9 Å². The normalized spacial score (nSPS) is 18.1. The first-order chi connectivity index (χ1) is 9.52. The van der Waals surface area contributed by atoms with Gasteiger partial charge in [-0.15, -0.1) is 0 Å². The molecule has 5 heteroatoms. The van der Waals surface area contributed by atoms with E-state index in [1.54, 1.807) is 0 Å². The summed E-state index contributed by atoms with van der Waals surface area (Å²) in [6.45, 7) is 5.07. The molecule has 1 aromatic rings. The predicted octanol–water partition coefficient (Wildman–Crippen LogP) is 1.37. The van der Waals surface area contributed by atoms with Gasteiger partial charge in [0, 0.05) is 19.6 Å². The Morgan fingerprint density at radius 2 is 2.10 bits per heavy atom. The van der Waals surface area contributed by atoms with E-state index in [1.807, 2.05) is 29.2 Å². The van der Waals surface area contributed by atoms with E-state index >= 15 is 0 Å². The lowest BCUT2D eigenvalue weighted by atomic mass is 9.87. The fourth-order valence-corrected chi connectivity index (χ4v) is 2.65. The van der Waals surface area contributed by atoms with Crippen LogP contribution in [0, 0.1) is 0 Å². The summed E-state index contributed by atoms with van der Waals surface area (Å²) in [5.41, 5.74) is 2.31. The summed E-state index contributed by atoms with van der Waals surface area (Å²) in [6, 6.07) is 7.53. The third-order valence-electron chi connectivity index (χ3n) is 3.39. The number of carbonyl (C=O) groups is 3. The highest BCUT2D eigenvalue weighted by Crippen LogP contribution is 2.29. The predicted molar refractivity (Wildman–Crippen MR) is 78.7 cm³/mol. The molecular weight excluding hydrogens is 274 g/mol. The van der Waals surface area contributed by atoms with E-state index in [4.69, 9.17) is 0 Å². The van der Waals surface area contributed by atoms with Crippen LogP contribution in [0.1, 0.15) is 17.0 Å². The van der Waals surface area contributed by atoms with Gasteiger partial charge in [-0.05, 0) is 16.7 Å². The van der Waals surface area contributed by atoms with Gasteiger partial charge in [0.2, 0.25) is 5.78 Å². The number of hydrogen-bond acceptors (Lipinski definition) is 4. The molecule has 0 amide bonds. The van der Waals surface area contributed by atoms with E-state index in [9.17, 15) is 14.4 Å². The minimum atomic E-state index is -0.735. The van der Waals surface area contributed by atoms with Crippen molar-refractivity contribution < 1.29 is 14.4 Å². The second-order valence-corrected chi connectivity index (χ2v) is 5.27. The van der Waals surface area contributed by atoms with Crippen molar-refractivity contribution in [3.05, 3.63) is 47.5 Å². The highest BCUT2D eigenvalue weighted by molar-refractivity contribution is 7.98. The summed E-state index contributed by atoms with van der Waals surface area (Å²) >= 11 is 3.63. The molecule has 1 atom stereocenters. The third kappa shape index (κ3) is 3.05. The van der Waals surface area contributed by atoms with Crippen molar-refractivity contribution in [2.75, 3.05) is 13.1 Å². The molecule has 2 rings (SSSR count). The third-order valence-corrected chi connectivity index (χ3v) is 3.61. The first kappa shape index (κ1) is 14.7. The Balaban J connectivity index is 2.31. The number of hydrogen-bond donors (Lipinski definition) is 1. The van der Waals surface area contributed by atoms with E-state index in [-0.39, 0.29) is 0 Å². The van der Waals surface area contributed by atoms with Crippen molar-refractivity contribution in [3.8, 4) is 0 Å². The second-order valence-electron chi connectivity index (χ2n) is 4.87. The first-order valence-corrected chi connectivity index (χ1v) is 6.68. The Morgan fingerprint density at radius 3 is 2.75 bits per heavy atom. The number of aldehydes is 1. The molecule has 1 heterocycles. The smallest absolute Gasteiger partial charge is 0.252 e. The Hall–Kier alpha value is -1.72. The van der Waals surface area contributed by atoms with Gasteiger partial charge < -0.3 is 0 Å². The molecule has 4 nitrogen and oxygen atoms in total. The molecule has 0 bridgehead atoms. The first-order valence-electron chi connectivity index (χ1n) is 6.23. The minimum Gasteiger partial charge on any atom is -0.298 e. The SMILES string of the molecule is C=C(C=O)CN1Cc2ccccc2[C@@H](C(=O)C(=O)S)C1. The number of fused-ring (bicyclic) bond motifs is 1. The van der Waals surface area contributed by atoms with E-state index in [2.05, 4.69) is 19.2 Å². The highest BCUT2D eigenvalue weighted by Gasteiger charge is 2.32. The molecule has 1 aliphatic rings. The molecule has 1 aliphatic heterocycles. The number of Topliss-reactive ketones (excluding diaryl/α,β-unsaturated/α-hetero) is 1. The molecule has 0 aliphatic carbocycles. The molecule has 104 valence electrons. The van der Waals surface area contributed by atoms with Crippen LogP contribution in [-0.4, -0.2) is 35.2 Å². The van der Waals surface area contributed by atoms with Gasteiger partial charge in [-0.2, -0.15) is 0 Å². The Morgan fingerprint density at radius 1 is 1.40 bits per heavy atom. The van der Waals surface area contributed by atoms with Crippen LogP contribution < -0.4 is 0 Å². The van der Waals surface area contributed by atoms with Crippen LogP contribution in [0.5, 0.6) is 0 Å². The lowest BCUT2D eigenvalue weighted by Gasteiger charge is -2.33. The van der Waals surface area contributed by atoms with Gasteiger partial charge in [0.25, 0.3) is 5.12 Å². The molecule has 0 unspecified atom stereocenters. The van der Waals surface area contributed by atoms with Crippen LogP contribution in [0.4, 0.5) is 0 Å². The Labute approximate surface area is 122 Å². The number of ketones is 1. The van der Waals surface area contributed by atoms with Crippen LogP contribution in [0.15, 0.2) is 36.4 Å². The van der Waals surface area contributed by atoms with E-state index in [1.165, 1.54) is 0 Å². The highest BCUT2D eigenvalue weighted by atomic mass is 32.1. The van der Waals surface area contributed by atoms with Gasteiger partial charge in [-0.3, -0.25) is 19.3 Å². The van der Waals surface area contributed by atoms with Crippen LogP contribution in [0.3, 0.4) is 0 Å². The lowest BCUT2D eigenvalue weighted by Crippen LogP contribution is -2.39. The Bertz CT molecular complexity index is 582. The minimum absolute atomic E-state index is 0.391. The van der Waals surface area contributed by atoms with Crippen molar-refractivity contribution in [2.45, 2.75) is 12.5 Å². The number of carbonyl (C=O) groups excluding carboxylic acids is 3. The van der Waals surface area contributed by atoms with Gasteiger partial charge >= 0.3 is 0 Å². The van der Waals surface area contributed by atoms with E-state index < -0.39 is 16.8 Å². The summed E-state index contributed by atoms with van der Waals surface area (Å²) in [5, 5.41) is -0.735. The molecular formula is C15H15NO3S. The van der Waals surface area contributed by atoms with Crippen molar-refractivity contribution >= 4 is 29.8 Å². The summed E-state index contributed by atoms with van der Waals surface area (Å²) in [4.78, 5) is 35.9. The zero-order valence-corrected chi connectivity index (χ0v) is 11.8. The van der Waals surface area contributed by atoms with Crippen LogP contribution in [0.25, 0.3) is 0 Å². The van der Waals surface area contributed by atoms with E-state index in [0.717, 1.165) is 11.1 Å². The zero-order chi connectivity index (χ0) is 14.7. The number of benzene rings is 1. The second kappa shape index (κ2) is 6.15. The quantitative estimate of drug-likeness (QED) is 0.385. The molecule has 0 aromatic heterocycles. The number of rotatable bonds is 5. The van der Waals surface area contributed by atoms with Gasteiger partial charge in [-0.25, -0.2) is 0 Å². The van der Waals surface area contributed by atoms with Crippen molar-refractivity contribution in [1.29, 1.82) is 0 Å². The average Bonchev–Trinajstić information content (AvgIpc) is 2.45. The monoisotopic (exact) mass is 289 g/mol. The number of nitrogens with zero attached hydrogens (tertiary/aromatic N) is 1. The standard InChI is InChI=1S/C15H15NO3S/c1-10(9-17)6-16-7-11-4-2-3-5-12(11)13(8-16)14(18)15(19)20/h2-5,9,13H,1,6-8H2,(H,19,20)/t13-/m0/s1. The van der Waals surface area contributed by atoms with Gasteiger partial charge in [0.05, 0.1) is 5.92 Å². The topological polar surface area (TPSA) is 54.5 Å². The average molecular weight is 289 g/mol. The van der Waals surface area contributed by atoms with Crippen molar-refractivity contribution in [3.63, 3.8) is 0 Å². The fraction of sp³-hybridized carbons (Fsp3) is 0.267. The molecule has 0 spiro atoms.